The van der Waals surface area contributed by atoms with Crippen LogP contribution < -0.4 is 4.90 Å². The van der Waals surface area contributed by atoms with Gasteiger partial charge in [-0.1, -0.05) is 62.4 Å². The molecule has 1 aliphatic rings. The van der Waals surface area contributed by atoms with E-state index < -0.39 is 0 Å². The fourth-order valence-corrected chi connectivity index (χ4v) is 3.61. The summed E-state index contributed by atoms with van der Waals surface area (Å²) in [5.74, 6) is 0.555. The van der Waals surface area contributed by atoms with Crippen molar-refractivity contribution in [3.05, 3.63) is 66.2 Å². The van der Waals surface area contributed by atoms with Gasteiger partial charge >= 0.3 is 0 Å². The monoisotopic (exact) mass is 382 g/mol. The van der Waals surface area contributed by atoms with Crippen molar-refractivity contribution in [2.75, 3.05) is 51.0 Å². The largest absolute Gasteiger partial charge is 0.379 e. The van der Waals surface area contributed by atoms with Gasteiger partial charge in [0.2, 0.25) is 0 Å². The molecule has 0 radical (unpaired) electrons. The molecule has 4 nitrogen and oxygen atoms in total. The molecule has 1 unspecified atom stereocenters. The maximum absolute atomic E-state index is 6.09. The minimum absolute atomic E-state index is 0.353. The first kappa shape index (κ1) is 20.8. The van der Waals surface area contributed by atoms with Gasteiger partial charge in [-0.25, -0.2) is 0 Å². The van der Waals surface area contributed by atoms with Crippen LogP contribution in [0.1, 0.15) is 19.4 Å². The first-order valence-electron chi connectivity index (χ1n) is 10.5. The number of rotatable bonds is 10. The molecule has 4 heteroatoms. The Hall–Kier alpha value is -1.88. The van der Waals surface area contributed by atoms with Gasteiger partial charge in [-0.3, -0.25) is 4.90 Å². The lowest BCUT2D eigenvalue weighted by Crippen LogP contribution is -2.51. The summed E-state index contributed by atoms with van der Waals surface area (Å²) in [4.78, 5) is 5.01. The maximum Gasteiger partial charge on any atom is 0.0639 e. The van der Waals surface area contributed by atoms with E-state index >= 15 is 0 Å². The van der Waals surface area contributed by atoms with Gasteiger partial charge in [0, 0.05) is 38.5 Å². The predicted molar refractivity (Wildman–Crippen MR) is 116 cm³/mol. The van der Waals surface area contributed by atoms with E-state index in [-0.39, 0.29) is 0 Å². The van der Waals surface area contributed by atoms with Crippen LogP contribution in [0.15, 0.2) is 60.7 Å². The average molecular weight is 383 g/mol. The Labute approximate surface area is 170 Å². The second-order valence-electron chi connectivity index (χ2n) is 7.94. The smallest absolute Gasteiger partial charge is 0.0639 e. The van der Waals surface area contributed by atoms with Crippen LogP contribution in [0.25, 0.3) is 0 Å². The van der Waals surface area contributed by atoms with Crippen molar-refractivity contribution in [3.63, 3.8) is 0 Å². The molecular formula is C24H34N2O2. The molecule has 1 heterocycles. The predicted octanol–water partition coefficient (Wildman–Crippen LogP) is 4.07. The maximum atomic E-state index is 6.09. The first-order valence-corrected chi connectivity index (χ1v) is 10.5. The number of para-hydroxylation sites is 1. The Morgan fingerprint density at radius 2 is 1.57 bits per heavy atom. The van der Waals surface area contributed by atoms with Crippen molar-refractivity contribution in [1.29, 1.82) is 0 Å². The summed E-state index contributed by atoms with van der Waals surface area (Å²) in [6, 6.07) is 21.8. The molecule has 2 aromatic carbocycles. The molecule has 3 rings (SSSR count). The second-order valence-corrected chi connectivity index (χ2v) is 7.94. The highest BCUT2D eigenvalue weighted by Gasteiger charge is 2.24. The lowest BCUT2D eigenvalue weighted by molar-refractivity contribution is -0.0121. The van der Waals surface area contributed by atoms with Gasteiger partial charge in [0.1, 0.15) is 0 Å². The minimum atomic E-state index is 0.353. The number of hydrogen-bond donors (Lipinski definition) is 0. The highest BCUT2D eigenvalue weighted by atomic mass is 16.5. The fourth-order valence-electron chi connectivity index (χ4n) is 3.61. The van der Waals surface area contributed by atoms with Crippen molar-refractivity contribution in [3.8, 4) is 0 Å². The highest BCUT2D eigenvalue weighted by molar-refractivity contribution is 5.47. The van der Waals surface area contributed by atoms with Crippen molar-refractivity contribution in [2.24, 2.45) is 5.92 Å². The van der Waals surface area contributed by atoms with E-state index in [0.717, 1.165) is 52.6 Å². The van der Waals surface area contributed by atoms with Crippen LogP contribution in [0.4, 0.5) is 5.69 Å². The van der Waals surface area contributed by atoms with Crippen molar-refractivity contribution >= 4 is 5.69 Å². The summed E-state index contributed by atoms with van der Waals surface area (Å²) in [7, 11) is 0. The Morgan fingerprint density at radius 1 is 0.929 bits per heavy atom. The second kappa shape index (κ2) is 11.2. The highest BCUT2D eigenvalue weighted by Crippen LogP contribution is 2.19. The van der Waals surface area contributed by atoms with Crippen LogP contribution in [0.3, 0.4) is 0 Å². The van der Waals surface area contributed by atoms with E-state index in [4.69, 9.17) is 9.47 Å². The normalized spacial score (nSPS) is 16.2. The molecule has 0 N–H and O–H groups in total. The molecule has 0 aliphatic carbocycles. The summed E-state index contributed by atoms with van der Waals surface area (Å²) in [6.07, 6.45) is 0. The van der Waals surface area contributed by atoms with E-state index in [1.165, 1.54) is 11.3 Å². The minimum Gasteiger partial charge on any atom is -0.379 e. The van der Waals surface area contributed by atoms with Crippen LogP contribution in [-0.2, 0) is 16.0 Å². The molecule has 0 amide bonds. The summed E-state index contributed by atoms with van der Waals surface area (Å²) in [6.45, 7) is 11.4. The van der Waals surface area contributed by atoms with Gasteiger partial charge in [0.15, 0.2) is 0 Å². The molecule has 0 aromatic heterocycles. The van der Waals surface area contributed by atoms with Gasteiger partial charge in [0.25, 0.3) is 0 Å². The Morgan fingerprint density at radius 3 is 2.21 bits per heavy atom. The third-order valence-corrected chi connectivity index (χ3v) is 5.09. The molecule has 0 spiro atoms. The zero-order valence-electron chi connectivity index (χ0n) is 17.3. The summed E-state index contributed by atoms with van der Waals surface area (Å²) in [5.41, 5.74) is 2.59. The Bertz CT molecular complexity index is 657. The summed E-state index contributed by atoms with van der Waals surface area (Å²) >= 11 is 0. The Kier molecular flexibility index (Phi) is 8.34. The van der Waals surface area contributed by atoms with Gasteiger partial charge in [0.05, 0.1) is 25.9 Å². The molecule has 0 bridgehead atoms. The zero-order valence-corrected chi connectivity index (χ0v) is 17.3. The van der Waals surface area contributed by atoms with Gasteiger partial charge < -0.3 is 14.4 Å². The lowest BCUT2D eigenvalue weighted by Gasteiger charge is -2.38. The van der Waals surface area contributed by atoms with E-state index in [1.54, 1.807) is 0 Å². The van der Waals surface area contributed by atoms with E-state index in [1.807, 2.05) is 0 Å². The lowest BCUT2D eigenvalue weighted by atomic mass is 10.1. The molecule has 28 heavy (non-hydrogen) atoms. The molecule has 1 fully saturated rings. The van der Waals surface area contributed by atoms with Crippen molar-refractivity contribution in [2.45, 2.75) is 26.4 Å². The van der Waals surface area contributed by atoms with Crippen LogP contribution in [0.5, 0.6) is 0 Å². The van der Waals surface area contributed by atoms with E-state index in [9.17, 15) is 0 Å². The first-order chi connectivity index (χ1) is 13.7. The molecule has 1 saturated heterocycles. The van der Waals surface area contributed by atoms with Gasteiger partial charge in [-0.15, -0.1) is 0 Å². The third-order valence-electron chi connectivity index (χ3n) is 5.09. The van der Waals surface area contributed by atoms with Gasteiger partial charge in [-0.2, -0.15) is 0 Å². The molecule has 1 aliphatic heterocycles. The van der Waals surface area contributed by atoms with Gasteiger partial charge in [-0.05, 0) is 23.6 Å². The number of morpholine rings is 1. The average Bonchev–Trinajstić information content (AvgIpc) is 2.74. The number of nitrogens with zero attached hydrogens (tertiary/aromatic N) is 2. The van der Waals surface area contributed by atoms with Crippen LogP contribution >= 0.6 is 0 Å². The van der Waals surface area contributed by atoms with E-state index in [2.05, 4.69) is 84.3 Å². The summed E-state index contributed by atoms with van der Waals surface area (Å²) < 4.78 is 11.7. The van der Waals surface area contributed by atoms with Crippen LogP contribution in [0, 0.1) is 5.92 Å². The number of ether oxygens (including phenoxy) is 2. The Balaban J connectivity index is 1.75. The van der Waals surface area contributed by atoms with Crippen molar-refractivity contribution in [1.82, 2.24) is 4.90 Å². The topological polar surface area (TPSA) is 24.9 Å². The fraction of sp³-hybridized carbons (Fsp3) is 0.500. The number of anilines is 1. The SMILES string of the molecule is CC(C)COCC(CN(Cc1ccccc1)c1ccccc1)N1CCOCC1. The molecule has 2 aromatic rings. The van der Waals surface area contributed by atoms with E-state index in [0.29, 0.717) is 12.0 Å². The molecule has 152 valence electrons. The number of benzene rings is 2. The molecular weight excluding hydrogens is 348 g/mol. The summed E-state index contributed by atoms with van der Waals surface area (Å²) in [5, 5.41) is 0. The molecule has 0 saturated carbocycles. The van der Waals surface area contributed by atoms with Crippen LogP contribution in [0.2, 0.25) is 0 Å². The zero-order chi connectivity index (χ0) is 19.6. The number of hydrogen-bond acceptors (Lipinski definition) is 4. The van der Waals surface area contributed by atoms with Crippen molar-refractivity contribution < 1.29 is 9.47 Å². The third kappa shape index (κ3) is 6.62. The quantitative estimate of drug-likeness (QED) is 0.618. The van der Waals surface area contributed by atoms with Crippen LogP contribution in [-0.4, -0.2) is 57.0 Å². The molecule has 1 atom stereocenters. The standard InChI is InChI=1S/C24H34N2O2/c1-21(2)19-28-20-24(25-13-15-27-16-14-25)18-26(23-11-7-4-8-12-23)17-22-9-5-3-6-10-22/h3-12,21,24H,13-20H2,1-2H3.